The van der Waals surface area contributed by atoms with Gasteiger partial charge in [-0.1, -0.05) is 11.6 Å². The summed E-state index contributed by atoms with van der Waals surface area (Å²) >= 11 is 6.05. The molecule has 0 atom stereocenters. The average Bonchev–Trinajstić information content (AvgIpc) is 2.58. The Labute approximate surface area is 98.9 Å². The molecule has 0 saturated heterocycles. The van der Waals surface area contributed by atoms with Crippen molar-refractivity contribution in [2.75, 3.05) is 5.32 Å². The van der Waals surface area contributed by atoms with Crippen LogP contribution in [0.5, 0.6) is 0 Å². The summed E-state index contributed by atoms with van der Waals surface area (Å²) in [6.07, 6.45) is 1.46. The van der Waals surface area contributed by atoms with Gasteiger partial charge in [0.1, 0.15) is 17.3 Å². The van der Waals surface area contributed by atoms with Crippen LogP contribution in [0.3, 0.4) is 0 Å². The number of fused-ring (bicyclic) bond motifs is 1. The van der Waals surface area contributed by atoms with Crippen molar-refractivity contribution in [2.24, 2.45) is 0 Å². The SMILES string of the molecule is Cc1c(Cl)nc2ncnn2c1NC(C)(C)C. The van der Waals surface area contributed by atoms with Gasteiger partial charge in [0, 0.05) is 11.1 Å². The summed E-state index contributed by atoms with van der Waals surface area (Å²) in [7, 11) is 0. The monoisotopic (exact) mass is 239 g/mol. The largest absolute Gasteiger partial charge is 0.365 e. The Hall–Kier alpha value is -1.36. The van der Waals surface area contributed by atoms with E-state index in [1.165, 1.54) is 6.33 Å². The third-order valence-electron chi connectivity index (χ3n) is 2.10. The lowest BCUT2D eigenvalue weighted by molar-refractivity contribution is 0.624. The Morgan fingerprint density at radius 3 is 2.69 bits per heavy atom. The average molecular weight is 240 g/mol. The minimum absolute atomic E-state index is 0.0751. The molecule has 1 N–H and O–H groups in total. The third kappa shape index (κ3) is 1.95. The Kier molecular flexibility index (Phi) is 2.50. The molecule has 0 aliphatic rings. The molecule has 0 unspecified atom stereocenters. The molecule has 86 valence electrons. The lowest BCUT2D eigenvalue weighted by Gasteiger charge is -2.23. The fourth-order valence-corrected chi connectivity index (χ4v) is 1.56. The lowest BCUT2D eigenvalue weighted by Crippen LogP contribution is -2.28. The Bertz CT molecular complexity index is 526. The minimum atomic E-state index is -0.0751. The molecule has 0 aromatic carbocycles. The molecule has 0 radical (unpaired) electrons. The van der Waals surface area contributed by atoms with E-state index in [0.717, 1.165) is 11.4 Å². The van der Waals surface area contributed by atoms with Gasteiger partial charge in [-0.15, -0.1) is 0 Å². The second-order valence-corrected chi connectivity index (χ2v) is 5.08. The van der Waals surface area contributed by atoms with Gasteiger partial charge >= 0.3 is 0 Å². The molecule has 0 bridgehead atoms. The number of rotatable bonds is 1. The van der Waals surface area contributed by atoms with Crippen molar-refractivity contribution in [3.63, 3.8) is 0 Å². The van der Waals surface area contributed by atoms with Crippen LogP contribution in [0.1, 0.15) is 26.3 Å². The Balaban J connectivity index is 2.65. The van der Waals surface area contributed by atoms with E-state index in [2.05, 4.69) is 41.2 Å². The smallest absolute Gasteiger partial charge is 0.255 e. The van der Waals surface area contributed by atoms with Gasteiger partial charge in [-0.2, -0.15) is 19.6 Å². The fourth-order valence-electron chi connectivity index (χ4n) is 1.40. The van der Waals surface area contributed by atoms with Crippen LogP contribution in [0, 0.1) is 6.92 Å². The number of nitrogens with zero attached hydrogens (tertiary/aromatic N) is 4. The van der Waals surface area contributed by atoms with Crippen LogP contribution < -0.4 is 5.32 Å². The second kappa shape index (κ2) is 3.59. The highest BCUT2D eigenvalue weighted by molar-refractivity contribution is 6.30. The first-order chi connectivity index (χ1) is 7.38. The van der Waals surface area contributed by atoms with E-state index in [4.69, 9.17) is 11.6 Å². The Morgan fingerprint density at radius 2 is 2.06 bits per heavy atom. The van der Waals surface area contributed by atoms with Crippen LogP contribution in [-0.4, -0.2) is 25.1 Å². The van der Waals surface area contributed by atoms with E-state index in [1.54, 1.807) is 4.52 Å². The van der Waals surface area contributed by atoms with Crippen LogP contribution >= 0.6 is 11.6 Å². The maximum absolute atomic E-state index is 6.05. The van der Waals surface area contributed by atoms with Crippen LogP contribution in [0.2, 0.25) is 5.15 Å². The summed E-state index contributed by atoms with van der Waals surface area (Å²) in [5, 5.41) is 7.93. The maximum atomic E-state index is 6.05. The van der Waals surface area contributed by atoms with Crippen molar-refractivity contribution in [1.82, 2.24) is 19.6 Å². The molecule has 2 aromatic rings. The van der Waals surface area contributed by atoms with Crippen molar-refractivity contribution in [2.45, 2.75) is 33.2 Å². The molecule has 0 amide bonds. The predicted octanol–water partition coefficient (Wildman–Crippen LogP) is 2.30. The Morgan fingerprint density at radius 1 is 1.38 bits per heavy atom. The first-order valence-corrected chi connectivity index (χ1v) is 5.40. The first-order valence-electron chi connectivity index (χ1n) is 5.02. The molecular formula is C10H14ClN5. The number of hydrogen-bond acceptors (Lipinski definition) is 4. The molecule has 0 spiro atoms. The van der Waals surface area contributed by atoms with E-state index >= 15 is 0 Å². The van der Waals surface area contributed by atoms with Gasteiger partial charge < -0.3 is 5.32 Å². The van der Waals surface area contributed by atoms with Crippen LogP contribution in [0.4, 0.5) is 5.82 Å². The van der Waals surface area contributed by atoms with Crippen molar-refractivity contribution in [3.8, 4) is 0 Å². The molecule has 6 heteroatoms. The molecule has 0 aliphatic heterocycles. The van der Waals surface area contributed by atoms with Gasteiger partial charge in [0.2, 0.25) is 0 Å². The van der Waals surface area contributed by atoms with Gasteiger partial charge in [-0.05, 0) is 27.7 Å². The van der Waals surface area contributed by atoms with Crippen molar-refractivity contribution in [1.29, 1.82) is 0 Å². The van der Waals surface area contributed by atoms with E-state index in [-0.39, 0.29) is 5.54 Å². The van der Waals surface area contributed by atoms with Crippen LogP contribution in [0.25, 0.3) is 5.78 Å². The van der Waals surface area contributed by atoms with Crippen molar-refractivity contribution < 1.29 is 0 Å². The molecule has 2 aromatic heterocycles. The number of nitrogens with one attached hydrogen (secondary N) is 1. The molecule has 0 fully saturated rings. The van der Waals surface area contributed by atoms with Gasteiger partial charge in [0.15, 0.2) is 0 Å². The quantitative estimate of drug-likeness (QED) is 0.776. The zero-order valence-corrected chi connectivity index (χ0v) is 10.5. The van der Waals surface area contributed by atoms with E-state index in [0.29, 0.717) is 10.9 Å². The predicted molar refractivity (Wildman–Crippen MR) is 63.9 cm³/mol. The molecular weight excluding hydrogens is 226 g/mol. The fraction of sp³-hybridized carbons (Fsp3) is 0.500. The van der Waals surface area contributed by atoms with Crippen LogP contribution in [0.15, 0.2) is 6.33 Å². The summed E-state index contributed by atoms with van der Waals surface area (Å²) in [6, 6.07) is 0. The highest BCUT2D eigenvalue weighted by atomic mass is 35.5. The first kappa shape index (κ1) is 11.1. The number of anilines is 1. The zero-order chi connectivity index (χ0) is 11.9. The maximum Gasteiger partial charge on any atom is 0.255 e. The summed E-state index contributed by atoms with van der Waals surface area (Å²) in [4.78, 5) is 8.17. The van der Waals surface area contributed by atoms with E-state index in [1.807, 2.05) is 6.92 Å². The molecule has 2 rings (SSSR count). The number of aromatic nitrogens is 4. The normalized spacial score (nSPS) is 12.1. The summed E-state index contributed by atoms with van der Waals surface area (Å²) < 4.78 is 1.66. The molecule has 0 saturated carbocycles. The molecule has 16 heavy (non-hydrogen) atoms. The van der Waals surface area contributed by atoms with Gasteiger partial charge in [0.05, 0.1) is 0 Å². The summed E-state index contributed by atoms with van der Waals surface area (Å²) in [6.45, 7) is 8.13. The third-order valence-corrected chi connectivity index (χ3v) is 2.47. The second-order valence-electron chi connectivity index (χ2n) is 4.72. The topological polar surface area (TPSA) is 55.1 Å². The van der Waals surface area contributed by atoms with E-state index < -0.39 is 0 Å². The van der Waals surface area contributed by atoms with E-state index in [9.17, 15) is 0 Å². The number of halogens is 1. The number of hydrogen-bond donors (Lipinski definition) is 1. The molecule has 0 aliphatic carbocycles. The highest BCUT2D eigenvalue weighted by Gasteiger charge is 2.17. The van der Waals surface area contributed by atoms with Crippen molar-refractivity contribution in [3.05, 3.63) is 17.0 Å². The summed E-state index contributed by atoms with van der Waals surface area (Å²) in [5.74, 6) is 1.34. The summed E-state index contributed by atoms with van der Waals surface area (Å²) in [5.41, 5.74) is 0.795. The molecule has 5 nitrogen and oxygen atoms in total. The lowest BCUT2D eigenvalue weighted by atomic mass is 10.1. The van der Waals surface area contributed by atoms with Crippen LogP contribution in [-0.2, 0) is 0 Å². The highest BCUT2D eigenvalue weighted by Crippen LogP contribution is 2.24. The standard InChI is InChI=1S/C10H14ClN5/c1-6-7(11)14-9-12-5-13-16(9)8(6)15-10(2,3)4/h5,15H,1-4H3. The van der Waals surface area contributed by atoms with Gasteiger partial charge in [-0.3, -0.25) is 0 Å². The van der Waals surface area contributed by atoms with Crippen molar-refractivity contribution >= 4 is 23.2 Å². The minimum Gasteiger partial charge on any atom is -0.365 e. The van der Waals surface area contributed by atoms with Gasteiger partial charge in [-0.25, -0.2) is 0 Å². The zero-order valence-electron chi connectivity index (χ0n) is 9.74. The van der Waals surface area contributed by atoms with Gasteiger partial charge in [0.25, 0.3) is 5.78 Å². The molecule has 2 heterocycles.